The van der Waals surface area contributed by atoms with Crippen molar-refractivity contribution in [1.82, 2.24) is 14.9 Å². The number of carbonyl (C=O) groups excluding carboxylic acids is 1. The highest BCUT2D eigenvalue weighted by Gasteiger charge is 2.12. The molecule has 4 rings (SSSR count). The van der Waals surface area contributed by atoms with Crippen molar-refractivity contribution in [2.45, 2.75) is 20.0 Å². The Morgan fingerprint density at radius 3 is 2.63 bits per heavy atom. The Kier molecular flexibility index (Phi) is 6.25. The Labute approximate surface area is 180 Å². The number of benzene rings is 2. The third kappa shape index (κ3) is 4.78. The van der Waals surface area contributed by atoms with Crippen LogP contribution in [0.15, 0.2) is 78.3 Å². The van der Waals surface area contributed by atoms with Crippen molar-refractivity contribution in [2.75, 3.05) is 6.61 Å². The van der Waals surface area contributed by atoms with Crippen molar-refractivity contribution in [3.63, 3.8) is 0 Å². The van der Waals surface area contributed by atoms with Gasteiger partial charge in [0, 0.05) is 23.7 Å². The molecule has 0 radical (unpaired) electrons. The molecule has 1 N–H and O–H groups in total. The Bertz CT molecular complexity index is 1100. The minimum atomic E-state index is -0.0406. The Morgan fingerprint density at radius 2 is 1.87 bits per heavy atom. The van der Waals surface area contributed by atoms with Gasteiger partial charge in [-0.3, -0.25) is 4.79 Å². The van der Waals surface area contributed by atoms with Gasteiger partial charge in [0.05, 0.1) is 18.0 Å². The normalized spacial score (nSPS) is 10.7. The lowest BCUT2D eigenvalue weighted by atomic mass is 10.2. The SMILES string of the molecule is CCOc1ccc(CNC(=O)Cn2cccc2-c2nc(-c3ccccc3)cs2)cc1. The second-order valence-corrected chi connectivity index (χ2v) is 7.64. The van der Waals surface area contributed by atoms with Crippen LogP contribution in [0.5, 0.6) is 5.75 Å². The molecule has 0 bridgehead atoms. The molecule has 6 heteroatoms. The van der Waals surface area contributed by atoms with Crippen molar-refractivity contribution in [2.24, 2.45) is 0 Å². The Balaban J connectivity index is 1.39. The van der Waals surface area contributed by atoms with Gasteiger partial charge in [0.25, 0.3) is 0 Å². The maximum absolute atomic E-state index is 12.5. The van der Waals surface area contributed by atoms with Gasteiger partial charge in [0.15, 0.2) is 0 Å². The van der Waals surface area contributed by atoms with E-state index in [4.69, 9.17) is 9.72 Å². The maximum atomic E-state index is 12.5. The van der Waals surface area contributed by atoms with Gasteiger partial charge < -0.3 is 14.6 Å². The van der Waals surface area contributed by atoms with Crippen molar-refractivity contribution in [3.05, 3.63) is 83.9 Å². The molecule has 152 valence electrons. The van der Waals surface area contributed by atoms with Gasteiger partial charge in [-0.1, -0.05) is 42.5 Å². The summed E-state index contributed by atoms with van der Waals surface area (Å²) in [5, 5.41) is 5.93. The predicted octanol–water partition coefficient (Wildman–Crippen LogP) is 4.99. The average molecular weight is 418 g/mol. The summed E-state index contributed by atoms with van der Waals surface area (Å²) in [5.74, 6) is 0.795. The van der Waals surface area contributed by atoms with Crippen LogP contribution in [0, 0.1) is 0 Å². The first-order valence-corrected chi connectivity index (χ1v) is 10.8. The summed E-state index contributed by atoms with van der Waals surface area (Å²) in [7, 11) is 0. The predicted molar refractivity (Wildman–Crippen MR) is 120 cm³/mol. The first-order valence-electron chi connectivity index (χ1n) is 9.88. The summed E-state index contributed by atoms with van der Waals surface area (Å²) in [5.41, 5.74) is 4.01. The first kappa shape index (κ1) is 19.9. The van der Waals surface area contributed by atoms with E-state index >= 15 is 0 Å². The number of hydrogen-bond acceptors (Lipinski definition) is 4. The van der Waals surface area contributed by atoms with Crippen LogP contribution in [-0.4, -0.2) is 22.1 Å². The van der Waals surface area contributed by atoms with Crippen LogP contribution in [0.25, 0.3) is 22.0 Å². The number of aromatic nitrogens is 2. The maximum Gasteiger partial charge on any atom is 0.240 e. The van der Waals surface area contributed by atoms with E-state index in [-0.39, 0.29) is 12.5 Å². The van der Waals surface area contributed by atoms with Crippen LogP contribution in [0.4, 0.5) is 0 Å². The van der Waals surface area contributed by atoms with Gasteiger partial charge in [0.1, 0.15) is 17.3 Å². The van der Waals surface area contributed by atoms with Gasteiger partial charge in [0.2, 0.25) is 5.91 Å². The lowest BCUT2D eigenvalue weighted by Gasteiger charge is -2.09. The smallest absolute Gasteiger partial charge is 0.240 e. The molecule has 0 fully saturated rings. The van der Waals surface area contributed by atoms with E-state index in [1.807, 2.05) is 89.8 Å². The summed E-state index contributed by atoms with van der Waals surface area (Å²) in [6.45, 7) is 3.33. The second-order valence-electron chi connectivity index (χ2n) is 6.78. The lowest BCUT2D eigenvalue weighted by Crippen LogP contribution is -2.27. The molecule has 2 aromatic carbocycles. The van der Waals surface area contributed by atoms with E-state index in [1.165, 1.54) is 0 Å². The van der Waals surface area contributed by atoms with Crippen molar-refractivity contribution >= 4 is 17.2 Å². The molecule has 0 aliphatic rings. The van der Waals surface area contributed by atoms with E-state index < -0.39 is 0 Å². The molecule has 0 unspecified atom stereocenters. The van der Waals surface area contributed by atoms with Crippen LogP contribution in [0.2, 0.25) is 0 Å². The summed E-state index contributed by atoms with van der Waals surface area (Å²) >= 11 is 1.58. The molecule has 0 spiro atoms. The first-order chi connectivity index (χ1) is 14.7. The Morgan fingerprint density at radius 1 is 1.07 bits per heavy atom. The molecule has 0 atom stereocenters. The van der Waals surface area contributed by atoms with E-state index in [1.54, 1.807) is 11.3 Å². The third-order valence-corrected chi connectivity index (χ3v) is 5.53. The highest BCUT2D eigenvalue weighted by atomic mass is 32.1. The molecule has 5 nitrogen and oxygen atoms in total. The summed E-state index contributed by atoms with van der Waals surface area (Å²) in [6.07, 6.45) is 1.91. The average Bonchev–Trinajstić information content (AvgIpc) is 3.43. The molecule has 0 aliphatic heterocycles. The minimum absolute atomic E-state index is 0.0406. The topological polar surface area (TPSA) is 56.1 Å². The standard InChI is InChI=1S/C24H23N3O2S/c1-2-29-20-12-10-18(11-13-20)15-25-23(28)16-27-14-6-9-22(27)24-26-21(17-30-24)19-7-4-3-5-8-19/h3-14,17H,2,15-16H2,1H3,(H,25,28). The number of nitrogens with zero attached hydrogens (tertiary/aromatic N) is 2. The minimum Gasteiger partial charge on any atom is -0.494 e. The molecular formula is C24H23N3O2S. The molecule has 30 heavy (non-hydrogen) atoms. The van der Waals surface area contributed by atoms with E-state index in [2.05, 4.69) is 5.32 Å². The van der Waals surface area contributed by atoms with Crippen molar-refractivity contribution < 1.29 is 9.53 Å². The number of ether oxygens (including phenoxy) is 1. The van der Waals surface area contributed by atoms with Crippen LogP contribution in [0.1, 0.15) is 12.5 Å². The number of nitrogens with one attached hydrogen (secondary N) is 1. The van der Waals surface area contributed by atoms with Gasteiger partial charge in [-0.2, -0.15) is 0 Å². The highest BCUT2D eigenvalue weighted by molar-refractivity contribution is 7.13. The third-order valence-electron chi connectivity index (χ3n) is 4.66. The molecule has 0 saturated carbocycles. The molecule has 2 aromatic heterocycles. The molecular weight excluding hydrogens is 394 g/mol. The number of thiazole rings is 1. The molecule has 1 amide bonds. The molecule has 4 aromatic rings. The number of amides is 1. The quantitative estimate of drug-likeness (QED) is 0.439. The fourth-order valence-corrected chi connectivity index (χ4v) is 4.03. The van der Waals surface area contributed by atoms with Crippen molar-refractivity contribution in [1.29, 1.82) is 0 Å². The number of carbonyl (C=O) groups is 1. The monoisotopic (exact) mass is 417 g/mol. The largest absolute Gasteiger partial charge is 0.494 e. The van der Waals surface area contributed by atoms with Crippen molar-refractivity contribution in [3.8, 4) is 27.7 Å². The van der Waals surface area contributed by atoms with E-state index in [0.717, 1.165) is 33.3 Å². The van der Waals surface area contributed by atoms with Crippen LogP contribution in [0.3, 0.4) is 0 Å². The second kappa shape index (κ2) is 9.41. The molecule has 2 heterocycles. The summed E-state index contributed by atoms with van der Waals surface area (Å²) in [6, 6.07) is 21.8. The van der Waals surface area contributed by atoms with Crippen LogP contribution < -0.4 is 10.1 Å². The fourth-order valence-electron chi connectivity index (χ4n) is 3.16. The summed E-state index contributed by atoms with van der Waals surface area (Å²) in [4.78, 5) is 17.3. The highest BCUT2D eigenvalue weighted by Crippen LogP contribution is 2.29. The van der Waals surface area contributed by atoms with E-state index in [0.29, 0.717) is 13.2 Å². The van der Waals surface area contributed by atoms with Gasteiger partial charge in [-0.25, -0.2) is 4.98 Å². The van der Waals surface area contributed by atoms with Gasteiger partial charge in [-0.05, 0) is 36.8 Å². The molecule has 0 saturated heterocycles. The zero-order valence-electron chi connectivity index (χ0n) is 16.7. The van der Waals surface area contributed by atoms with Crippen LogP contribution in [-0.2, 0) is 17.9 Å². The van der Waals surface area contributed by atoms with Crippen LogP contribution >= 0.6 is 11.3 Å². The summed E-state index contributed by atoms with van der Waals surface area (Å²) < 4.78 is 7.38. The fraction of sp³-hybridized carbons (Fsp3) is 0.167. The lowest BCUT2D eigenvalue weighted by molar-refractivity contribution is -0.121. The number of rotatable bonds is 8. The number of hydrogen-bond donors (Lipinski definition) is 1. The van der Waals surface area contributed by atoms with E-state index in [9.17, 15) is 4.79 Å². The zero-order valence-corrected chi connectivity index (χ0v) is 17.6. The van der Waals surface area contributed by atoms with Gasteiger partial charge in [-0.15, -0.1) is 11.3 Å². The molecule has 0 aliphatic carbocycles. The van der Waals surface area contributed by atoms with Gasteiger partial charge >= 0.3 is 0 Å². The Hall–Kier alpha value is -3.38. The zero-order chi connectivity index (χ0) is 20.8.